The van der Waals surface area contributed by atoms with E-state index in [1.807, 2.05) is 25.1 Å². The van der Waals surface area contributed by atoms with E-state index in [-0.39, 0.29) is 11.9 Å². The summed E-state index contributed by atoms with van der Waals surface area (Å²) in [5.74, 6) is 0.628. The summed E-state index contributed by atoms with van der Waals surface area (Å²) in [6.07, 6.45) is 1.59. The number of carbonyl (C=O) groups is 1. The first-order valence-corrected chi connectivity index (χ1v) is 6.06. The van der Waals surface area contributed by atoms with Gasteiger partial charge in [0.05, 0.1) is 12.3 Å². The minimum Gasteiger partial charge on any atom is -0.467 e. The molecule has 3 nitrogen and oxygen atoms in total. The van der Waals surface area contributed by atoms with Gasteiger partial charge >= 0.3 is 0 Å². The van der Waals surface area contributed by atoms with E-state index in [9.17, 15) is 4.79 Å². The maximum absolute atomic E-state index is 11.9. The second-order valence-corrected chi connectivity index (χ2v) is 4.64. The fourth-order valence-electron chi connectivity index (χ4n) is 1.52. The summed E-state index contributed by atoms with van der Waals surface area (Å²) in [7, 11) is 0. The molecule has 2 aromatic rings. The molecule has 0 aliphatic rings. The second kappa shape index (κ2) is 5.19. The molecule has 0 unspecified atom stereocenters. The van der Waals surface area contributed by atoms with Gasteiger partial charge < -0.3 is 9.73 Å². The van der Waals surface area contributed by atoms with Crippen molar-refractivity contribution in [2.75, 3.05) is 0 Å². The van der Waals surface area contributed by atoms with Crippen LogP contribution in [0.3, 0.4) is 0 Å². The number of halogens is 1. The van der Waals surface area contributed by atoms with Crippen LogP contribution in [0.25, 0.3) is 0 Å². The Labute approximate surface area is 108 Å². The molecule has 0 aliphatic heterocycles. The highest BCUT2D eigenvalue weighted by Gasteiger charge is 2.13. The van der Waals surface area contributed by atoms with Crippen LogP contribution in [0.4, 0.5) is 0 Å². The molecular formula is C13H12BrNO2. The van der Waals surface area contributed by atoms with Crippen molar-refractivity contribution >= 4 is 21.8 Å². The third-order valence-corrected chi connectivity index (χ3v) is 2.90. The van der Waals surface area contributed by atoms with Gasteiger partial charge in [-0.1, -0.05) is 22.0 Å². The van der Waals surface area contributed by atoms with Gasteiger partial charge in [-0.05, 0) is 37.3 Å². The molecule has 2 rings (SSSR count). The van der Waals surface area contributed by atoms with Crippen LogP contribution in [0.15, 0.2) is 51.6 Å². The maximum Gasteiger partial charge on any atom is 0.251 e. The van der Waals surface area contributed by atoms with Gasteiger partial charge in [-0.2, -0.15) is 0 Å². The average Bonchev–Trinajstić information content (AvgIpc) is 2.82. The number of nitrogens with one attached hydrogen (secondary N) is 1. The fourth-order valence-corrected chi connectivity index (χ4v) is 1.92. The van der Waals surface area contributed by atoms with Gasteiger partial charge in [-0.15, -0.1) is 0 Å². The van der Waals surface area contributed by atoms with Gasteiger partial charge in [-0.3, -0.25) is 4.79 Å². The molecule has 88 valence electrons. The number of amides is 1. The van der Waals surface area contributed by atoms with E-state index in [0.717, 1.165) is 10.2 Å². The highest BCUT2D eigenvalue weighted by molar-refractivity contribution is 9.10. The van der Waals surface area contributed by atoms with Gasteiger partial charge in [-0.25, -0.2) is 0 Å². The molecule has 1 amide bonds. The van der Waals surface area contributed by atoms with E-state index in [4.69, 9.17) is 4.42 Å². The molecular weight excluding hydrogens is 282 g/mol. The standard InChI is InChI=1S/C13H12BrNO2/c1-9(12-6-3-7-17-12)15-13(16)10-4-2-5-11(14)8-10/h2-9H,1H3,(H,15,16)/t9-/m0/s1. The number of hydrogen-bond acceptors (Lipinski definition) is 2. The quantitative estimate of drug-likeness (QED) is 0.941. The van der Waals surface area contributed by atoms with E-state index >= 15 is 0 Å². The average molecular weight is 294 g/mol. The van der Waals surface area contributed by atoms with Crippen molar-refractivity contribution < 1.29 is 9.21 Å². The molecule has 0 radical (unpaired) electrons. The van der Waals surface area contributed by atoms with Crippen molar-refractivity contribution in [3.8, 4) is 0 Å². The summed E-state index contributed by atoms with van der Waals surface area (Å²) in [5.41, 5.74) is 0.623. The van der Waals surface area contributed by atoms with Crippen molar-refractivity contribution in [2.24, 2.45) is 0 Å². The predicted octanol–water partition coefficient (Wildman–Crippen LogP) is 3.53. The highest BCUT2D eigenvalue weighted by atomic mass is 79.9. The smallest absolute Gasteiger partial charge is 0.251 e. The molecule has 1 atom stereocenters. The molecule has 1 aromatic carbocycles. The van der Waals surface area contributed by atoms with Crippen LogP contribution < -0.4 is 5.32 Å². The van der Waals surface area contributed by atoms with Gasteiger partial charge in [0.1, 0.15) is 5.76 Å². The number of furan rings is 1. The van der Waals surface area contributed by atoms with E-state index in [1.165, 1.54) is 0 Å². The minimum absolute atomic E-state index is 0.116. The molecule has 1 N–H and O–H groups in total. The number of benzene rings is 1. The molecule has 0 aliphatic carbocycles. The highest BCUT2D eigenvalue weighted by Crippen LogP contribution is 2.15. The largest absolute Gasteiger partial charge is 0.467 e. The first-order chi connectivity index (χ1) is 8.16. The molecule has 1 aromatic heterocycles. The zero-order chi connectivity index (χ0) is 12.3. The Kier molecular flexibility index (Phi) is 3.64. The molecule has 17 heavy (non-hydrogen) atoms. The van der Waals surface area contributed by atoms with E-state index in [2.05, 4.69) is 21.2 Å². The number of carbonyl (C=O) groups excluding carboxylic acids is 1. The van der Waals surface area contributed by atoms with Crippen LogP contribution in [-0.2, 0) is 0 Å². The molecule has 0 saturated heterocycles. The van der Waals surface area contributed by atoms with E-state index in [0.29, 0.717) is 5.56 Å². The zero-order valence-corrected chi connectivity index (χ0v) is 10.9. The third kappa shape index (κ3) is 2.97. The van der Waals surface area contributed by atoms with Crippen LogP contribution in [0, 0.1) is 0 Å². The van der Waals surface area contributed by atoms with Crippen LogP contribution >= 0.6 is 15.9 Å². The topological polar surface area (TPSA) is 42.2 Å². The SMILES string of the molecule is C[C@H](NC(=O)c1cccc(Br)c1)c1ccco1. The van der Waals surface area contributed by atoms with Gasteiger partial charge in [0.2, 0.25) is 0 Å². The van der Waals surface area contributed by atoms with Crippen molar-refractivity contribution in [2.45, 2.75) is 13.0 Å². The van der Waals surface area contributed by atoms with Crippen molar-refractivity contribution in [3.05, 3.63) is 58.5 Å². The normalized spacial score (nSPS) is 12.1. The number of hydrogen-bond donors (Lipinski definition) is 1. The lowest BCUT2D eigenvalue weighted by atomic mass is 10.2. The Bertz CT molecular complexity index is 508. The van der Waals surface area contributed by atoms with E-state index < -0.39 is 0 Å². The summed E-state index contributed by atoms with van der Waals surface area (Å²) < 4.78 is 6.12. The fraction of sp³-hybridized carbons (Fsp3) is 0.154. The molecule has 1 heterocycles. The monoisotopic (exact) mass is 293 g/mol. The van der Waals surface area contributed by atoms with Crippen LogP contribution in [0.5, 0.6) is 0 Å². The third-order valence-electron chi connectivity index (χ3n) is 2.40. The summed E-state index contributed by atoms with van der Waals surface area (Å²) >= 11 is 3.34. The predicted molar refractivity (Wildman–Crippen MR) is 68.7 cm³/mol. The molecule has 4 heteroatoms. The Balaban J connectivity index is 2.07. The Hall–Kier alpha value is -1.55. The summed E-state index contributed by atoms with van der Waals surface area (Å²) in [6, 6.07) is 10.8. The second-order valence-electron chi connectivity index (χ2n) is 3.72. The summed E-state index contributed by atoms with van der Waals surface area (Å²) in [4.78, 5) is 11.9. The Morgan fingerprint density at radius 3 is 2.82 bits per heavy atom. The van der Waals surface area contributed by atoms with Gasteiger partial charge in [0, 0.05) is 10.0 Å². The molecule has 0 fully saturated rings. The summed E-state index contributed by atoms with van der Waals surface area (Å²) in [5, 5.41) is 2.87. The minimum atomic E-state index is -0.142. The lowest BCUT2D eigenvalue weighted by molar-refractivity contribution is 0.0935. The van der Waals surface area contributed by atoms with Crippen LogP contribution in [0.1, 0.15) is 29.1 Å². The van der Waals surface area contributed by atoms with Gasteiger partial charge in [0.25, 0.3) is 5.91 Å². The maximum atomic E-state index is 11.9. The first kappa shape index (κ1) is 11.9. The van der Waals surface area contributed by atoms with Crippen molar-refractivity contribution in [3.63, 3.8) is 0 Å². The van der Waals surface area contributed by atoms with Crippen molar-refractivity contribution in [1.29, 1.82) is 0 Å². The van der Waals surface area contributed by atoms with Crippen molar-refractivity contribution in [1.82, 2.24) is 5.32 Å². The van der Waals surface area contributed by atoms with Gasteiger partial charge in [0.15, 0.2) is 0 Å². The summed E-state index contributed by atoms with van der Waals surface area (Å²) in [6.45, 7) is 1.88. The molecule has 0 spiro atoms. The van der Waals surface area contributed by atoms with Crippen LogP contribution in [-0.4, -0.2) is 5.91 Å². The lowest BCUT2D eigenvalue weighted by Gasteiger charge is -2.11. The van der Waals surface area contributed by atoms with Crippen LogP contribution in [0.2, 0.25) is 0 Å². The van der Waals surface area contributed by atoms with E-state index in [1.54, 1.807) is 24.5 Å². The molecule has 0 bridgehead atoms. The zero-order valence-electron chi connectivity index (χ0n) is 9.31. The molecule has 0 saturated carbocycles. The lowest BCUT2D eigenvalue weighted by Crippen LogP contribution is -2.26. The Morgan fingerprint density at radius 1 is 1.35 bits per heavy atom. The first-order valence-electron chi connectivity index (χ1n) is 5.26. The number of rotatable bonds is 3. The Morgan fingerprint density at radius 2 is 2.18 bits per heavy atom.